The van der Waals surface area contributed by atoms with Gasteiger partial charge in [0.1, 0.15) is 12.4 Å². The summed E-state index contributed by atoms with van der Waals surface area (Å²) < 4.78 is 13.5. The van der Waals surface area contributed by atoms with Crippen LogP contribution in [-0.4, -0.2) is 55.9 Å². The lowest BCUT2D eigenvalue weighted by molar-refractivity contribution is 0.0342. The van der Waals surface area contributed by atoms with Crippen molar-refractivity contribution in [2.75, 3.05) is 31.6 Å². The van der Waals surface area contributed by atoms with Crippen molar-refractivity contribution in [1.82, 2.24) is 29.6 Å². The zero-order valence-corrected chi connectivity index (χ0v) is 21.2. The van der Waals surface area contributed by atoms with Crippen LogP contribution in [0.25, 0.3) is 22.0 Å². The topological polar surface area (TPSA) is 90.2 Å². The number of benzene rings is 2. The quantitative estimate of drug-likeness (QED) is 0.326. The molecule has 0 atom stereocenters. The number of rotatable bonds is 8. The molecule has 1 saturated heterocycles. The summed E-state index contributed by atoms with van der Waals surface area (Å²) in [7, 11) is 1.90. The monoisotopic (exact) mass is 507 g/mol. The van der Waals surface area contributed by atoms with Crippen LogP contribution in [0.15, 0.2) is 79.5 Å². The Bertz CT molecular complexity index is 1530. The van der Waals surface area contributed by atoms with Crippen LogP contribution in [0.3, 0.4) is 0 Å². The molecule has 4 heterocycles. The smallest absolute Gasteiger partial charge is 0.227 e. The van der Waals surface area contributed by atoms with Crippen LogP contribution < -0.4 is 10.1 Å². The van der Waals surface area contributed by atoms with Gasteiger partial charge in [-0.15, -0.1) is 0 Å². The van der Waals surface area contributed by atoms with Crippen molar-refractivity contribution in [1.29, 1.82) is 0 Å². The van der Waals surface area contributed by atoms with Gasteiger partial charge in [-0.3, -0.25) is 14.6 Å². The fraction of sp³-hybridized carbons (Fsp3) is 0.241. The Morgan fingerprint density at radius 3 is 2.71 bits per heavy atom. The average Bonchev–Trinajstić information content (AvgIpc) is 3.38. The molecule has 1 fully saturated rings. The predicted octanol–water partition coefficient (Wildman–Crippen LogP) is 4.58. The van der Waals surface area contributed by atoms with Crippen molar-refractivity contribution >= 4 is 22.5 Å². The molecular formula is C29H29N7O2. The molecule has 38 heavy (non-hydrogen) atoms. The first-order chi connectivity index (χ1) is 18.7. The highest BCUT2D eigenvalue weighted by molar-refractivity contribution is 5.88. The Kier molecular flexibility index (Phi) is 6.93. The van der Waals surface area contributed by atoms with E-state index in [0.29, 0.717) is 12.6 Å². The van der Waals surface area contributed by atoms with Crippen LogP contribution in [0.1, 0.15) is 11.1 Å². The summed E-state index contributed by atoms with van der Waals surface area (Å²) in [5.74, 6) is 1.26. The van der Waals surface area contributed by atoms with E-state index in [1.807, 2.05) is 56.1 Å². The average molecular weight is 508 g/mol. The van der Waals surface area contributed by atoms with Crippen LogP contribution in [0.4, 0.5) is 11.6 Å². The Balaban J connectivity index is 1.27. The summed E-state index contributed by atoms with van der Waals surface area (Å²) >= 11 is 0. The van der Waals surface area contributed by atoms with E-state index in [1.54, 1.807) is 10.9 Å². The molecule has 9 heteroatoms. The molecule has 0 bridgehead atoms. The second-order valence-corrected chi connectivity index (χ2v) is 9.37. The molecule has 6 rings (SSSR count). The molecule has 0 spiro atoms. The van der Waals surface area contributed by atoms with E-state index < -0.39 is 0 Å². The number of hydrogen-bond donors (Lipinski definition) is 1. The molecule has 3 aromatic heterocycles. The number of pyridine rings is 1. The lowest BCUT2D eigenvalue weighted by Gasteiger charge is -2.26. The highest BCUT2D eigenvalue weighted by Gasteiger charge is 2.14. The second-order valence-electron chi connectivity index (χ2n) is 9.37. The van der Waals surface area contributed by atoms with Gasteiger partial charge in [-0.25, -0.2) is 9.97 Å². The molecule has 192 valence electrons. The third kappa shape index (κ3) is 5.64. The van der Waals surface area contributed by atoms with Gasteiger partial charge in [0.05, 0.1) is 24.9 Å². The Morgan fingerprint density at radius 2 is 1.89 bits per heavy atom. The standard InChI is InChI=1S/C29H29N7O2/c1-35-19-24(17-32-35)26-13-23-16-31-29(34-27(23)14-28(26)38-20-22-5-3-7-30-15-22)33-25-6-2-4-21(12-25)18-36-8-10-37-11-9-36/h2-7,12-17,19H,8-11,18,20H2,1H3,(H,31,33,34). The molecule has 0 saturated carbocycles. The first-order valence-electron chi connectivity index (χ1n) is 12.7. The Morgan fingerprint density at radius 1 is 1.00 bits per heavy atom. The molecule has 0 radical (unpaired) electrons. The van der Waals surface area contributed by atoms with E-state index in [9.17, 15) is 0 Å². The number of ether oxygens (including phenoxy) is 2. The van der Waals surface area contributed by atoms with Gasteiger partial charge in [0.25, 0.3) is 0 Å². The van der Waals surface area contributed by atoms with E-state index in [1.165, 1.54) is 5.56 Å². The molecule has 1 aliphatic rings. The van der Waals surface area contributed by atoms with Crippen molar-refractivity contribution in [3.05, 3.63) is 90.6 Å². The van der Waals surface area contributed by atoms with E-state index in [0.717, 1.165) is 71.9 Å². The molecule has 0 amide bonds. The molecule has 0 aliphatic carbocycles. The van der Waals surface area contributed by atoms with Crippen molar-refractivity contribution in [2.24, 2.45) is 7.05 Å². The third-order valence-electron chi connectivity index (χ3n) is 6.51. The number of nitrogens with zero attached hydrogens (tertiary/aromatic N) is 6. The first kappa shape index (κ1) is 24.0. The zero-order chi connectivity index (χ0) is 25.7. The van der Waals surface area contributed by atoms with Gasteiger partial charge in [-0.2, -0.15) is 5.10 Å². The van der Waals surface area contributed by atoms with Crippen molar-refractivity contribution in [3.8, 4) is 16.9 Å². The molecule has 5 aromatic rings. The maximum Gasteiger partial charge on any atom is 0.227 e. The molecule has 0 unspecified atom stereocenters. The zero-order valence-electron chi connectivity index (χ0n) is 21.2. The van der Waals surface area contributed by atoms with Crippen molar-refractivity contribution in [2.45, 2.75) is 13.2 Å². The van der Waals surface area contributed by atoms with Gasteiger partial charge in [0, 0.05) is 85.3 Å². The van der Waals surface area contributed by atoms with Gasteiger partial charge in [0.15, 0.2) is 0 Å². The van der Waals surface area contributed by atoms with Gasteiger partial charge < -0.3 is 14.8 Å². The van der Waals surface area contributed by atoms with E-state index >= 15 is 0 Å². The minimum absolute atomic E-state index is 0.402. The first-order valence-corrected chi connectivity index (χ1v) is 12.7. The molecule has 9 nitrogen and oxygen atoms in total. The fourth-order valence-corrected chi connectivity index (χ4v) is 4.56. The fourth-order valence-electron chi connectivity index (χ4n) is 4.56. The molecule has 1 N–H and O–H groups in total. The number of anilines is 2. The van der Waals surface area contributed by atoms with E-state index in [-0.39, 0.29) is 0 Å². The van der Waals surface area contributed by atoms with Crippen LogP contribution in [0, 0.1) is 0 Å². The third-order valence-corrected chi connectivity index (χ3v) is 6.51. The second kappa shape index (κ2) is 11.0. The summed E-state index contributed by atoms with van der Waals surface area (Å²) in [6, 6.07) is 16.3. The number of hydrogen-bond acceptors (Lipinski definition) is 8. The summed E-state index contributed by atoms with van der Waals surface area (Å²) in [6.45, 7) is 4.79. The highest BCUT2D eigenvalue weighted by atomic mass is 16.5. The predicted molar refractivity (Wildman–Crippen MR) is 146 cm³/mol. The summed E-state index contributed by atoms with van der Waals surface area (Å²) in [5.41, 5.74) is 5.89. The van der Waals surface area contributed by atoms with Gasteiger partial charge in [0.2, 0.25) is 5.95 Å². The van der Waals surface area contributed by atoms with Crippen molar-refractivity contribution < 1.29 is 9.47 Å². The number of aryl methyl sites for hydroxylation is 1. The largest absolute Gasteiger partial charge is 0.488 e. The van der Waals surface area contributed by atoms with Crippen LogP contribution in [-0.2, 0) is 24.9 Å². The normalized spacial score (nSPS) is 14.0. The maximum atomic E-state index is 6.27. The summed E-state index contributed by atoms with van der Waals surface area (Å²) in [6.07, 6.45) is 9.21. The van der Waals surface area contributed by atoms with Gasteiger partial charge in [-0.1, -0.05) is 18.2 Å². The highest BCUT2D eigenvalue weighted by Crippen LogP contribution is 2.34. The minimum Gasteiger partial charge on any atom is -0.488 e. The minimum atomic E-state index is 0.402. The number of nitrogens with one attached hydrogen (secondary N) is 1. The van der Waals surface area contributed by atoms with E-state index in [4.69, 9.17) is 14.5 Å². The SMILES string of the molecule is Cn1cc(-c2cc3cnc(Nc4cccc(CN5CCOCC5)c4)nc3cc2OCc2cccnc2)cn1. The van der Waals surface area contributed by atoms with Gasteiger partial charge in [-0.05, 0) is 29.8 Å². The number of morpholine rings is 1. The lowest BCUT2D eigenvalue weighted by atomic mass is 10.1. The van der Waals surface area contributed by atoms with E-state index in [2.05, 4.69) is 49.5 Å². The molecule has 1 aliphatic heterocycles. The summed E-state index contributed by atoms with van der Waals surface area (Å²) in [4.78, 5) is 16.0. The summed E-state index contributed by atoms with van der Waals surface area (Å²) in [5, 5.41) is 8.63. The van der Waals surface area contributed by atoms with Crippen LogP contribution in [0.2, 0.25) is 0 Å². The van der Waals surface area contributed by atoms with Crippen LogP contribution >= 0.6 is 0 Å². The Hall–Kier alpha value is -4.34. The maximum absolute atomic E-state index is 6.27. The van der Waals surface area contributed by atoms with Crippen LogP contribution in [0.5, 0.6) is 5.75 Å². The molecule has 2 aromatic carbocycles. The molecular weight excluding hydrogens is 478 g/mol. The van der Waals surface area contributed by atoms with Crippen molar-refractivity contribution in [3.63, 3.8) is 0 Å². The van der Waals surface area contributed by atoms with Gasteiger partial charge >= 0.3 is 0 Å². The Labute approximate surface area is 221 Å². The number of aromatic nitrogens is 5. The lowest BCUT2D eigenvalue weighted by Crippen LogP contribution is -2.35. The number of fused-ring (bicyclic) bond motifs is 1.